The van der Waals surface area contributed by atoms with Gasteiger partial charge in [-0.1, -0.05) is 49.4 Å². The molecule has 0 saturated heterocycles. The van der Waals surface area contributed by atoms with Crippen LogP contribution in [0, 0.1) is 13.8 Å². The molecule has 0 saturated carbocycles. The van der Waals surface area contributed by atoms with Crippen LogP contribution < -0.4 is 5.32 Å². The van der Waals surface area contributed by atoms with Gasteiger partial charge in [-0.05, 0) is 65.6 Å². The molecular formula is C20H23N5OS. The maximum atomic E-state index is 12.3. The summed E-state index contributed by atoms with van der Waals surface area (Å²) in [6.07, 6.45) is 2.16. The number of carbonyl (C=O) groups excluding carboxylic acids is 1. The molecule has 3 rings (SSSR count). The van der Waals surface area contributed by atoms with E-state index in [2.05, 4.69) is 40.8 Å². The maximum Gasteiger partial charge on any atom is 0.234 e. The van der Waals surface area contributed by atoms with Crippen LogP contribution in [0.3, 0.4) is 0 Å². The van der Waals surface area contributed by atoms with Crippen molar-refractivity contribution < 1.29 is 4.79 Å². The fourth-order valence-corrected chi connectivity index (χ4v) is 3.44. The molecule has 0 aliphatic heterocycles. The number of anilines is 1. The van der Waals surface area contributed by atoms with E-state index < -0.39 is 0 Å². The topological polar surface area (TPSA) is 72.7 Å². The minimum atomic E-state index is -0.0845. The Labute approximate surface area is 163 Å². The smallest absolute Gasteiger partial charge is 0.234 e. The van der Waals surface area contributed by atoms with Crippen molar-refractivity contribution in [1.82, 2.24) is 20.2 Å². The number of nitrogens with zero attached hydrogens (tertiary/aromatic N) is 4. The molecule has 0 spiro atoms. The van der Waals surface area contributed by atoms with Gasteiger partial charge in [-0.2, -0.15) is 4.68 Å². The number of aromatic nitrogens is 4. The van der Waals surface area contributed by atoms with Gasteiger partial charge < -0.3 is 5.32 Å². The van der Waals surface area contributed by atoms with E-state index in [4.69, 9.17) is 0 Å². The Balaban J connectivity index is 1.63. The highest BCUT2D eigenvalue weighted by molar-refractivity contribution is 7.99. The Hall–Kier alpha value is -2.67. The highest BCUT2D eigenvalue weighted by Crippen LogP contribution is 2.22. The zero-order valence-corrected chi connectivity index (χ0v) is 16.6. The Morgan fingerprint density at radius 3 is 2.67 bits per heavy atom. The van der Waals surface area contributed by atoms with Gasteiger partial charge in [-0.15, -0.1) is 5.10 Å². The quantitative estimate of drug-likeness (QED) is 0.627. The summed E-state index contributed by atoms with van der Waals surface area (Å²) in [5, 5.41) is 15.4. The van der Waals surface area contributed by atoms with Crippen molar-refractivity contribution in [2.75, 3.05) is 11.1 Å². The van der Waals surface area contributed by atoms with Gasteiger partial charge in [-0.25, -0.2) is 0 Å². The first-order chi connectivity index (χ1) is 13.1. The highest BCUT2D eigenvalue weighted by atomic mass is 32.2. The molecule has 1 amide bonds. The van der Waals surface area contributed by atoms with Gasteiger partial charge in [0.15, 0.2) is 0 Å². The third-order valence-electron chi connectivity index (χ3n) is 4.35. The van der Waals surface area contributed by atoms with Crippen molar-refractivity contribution in [2.45, 2.75) is 38.8 Å². The Morgan fingerprint density at radius 2 is 1.93 bits per heavy atom. The van der Waals surface area contributed by atoms with Crippen LogP contribution >= 0.6 is 11.8 Å². The molecule has 1 aromatic heterocycles. The van der Waals surface area contributed by atoms with Gasteiger partial charge in [-0.3, -0.25) is 4.79 Å². The first kappa shape index (κ1) is 19.1. The fourth-order valence-electron chi connectivity index (χ4n) is 2.76. The summed E-state index contributed by atoms with van der Waals surface area (Å²) in [4.78, 5) is 12.3. The average Bonchev–Trinajstić information content (AvgIpc) is 3.12. The summed E-state index contributed by atoms with van der Waals surface area (Å²) in [7, 11) is 0. The second-order valence-corrected chi connectivity index (χ2v) is 7.32. The van der Waals surface area contributed by atoms with Gasteiger partial charge in [0.25, 0.3) is 0 Å². The number of benzene rings is 2. The molecule has 0 aliphatic carbocycles. The molecule has 7 heteroatoms. The zero-order valence-electron chi connectivity index (χ0n) is 15.8. The van der Waals surface area contributed by atoms with E-state index in [9.17, 15) is 4.79 Å². The van der Waals surface area contributed by atoms with Crippen molar-refractivity contribution in [3.63, 3.8) is 0 Å². The van der Waals surface area contributed by atoms with E-state index in [-0.39, 0.29) is 11.7 Å². The van der Waals surface area contributed by atoms with E-state index in [0.29, 0.717) is 5.16 Å². The van der Waals surface area contributed by atoms with Gasteiger partial charge in [0.1, 0.15) is 0 Å². The predicted molar refractivity (Wildman–Crippen MR) is 108 cm³/mol. The summed E-state index contributed by atoms with van der Waals surface area (Å²) in [5.74, 6) is 0.154. The normalized spacial score (nSPS) is 10.8. The average molecular weight is 382 g/mol. The Kier molecular flexibility index (Phi) is 6.24. The molecule has 0 bridgehead atoms. The lowest BCUT2D eigenvalue weighted by atomic mass is 10.1. The lowest BCUT2D eigenvalue weighted by Crippen LogP contribution is -2.14. The largest absolute Gasteiger partial charge is 0.325 e. The highest BCUT2D eigenvalue weighted by Gasteiger charge is 2.14. The number of tetrazole rings is 1. The summed E-state index contributed by atoms with van der Waals surface area (Å²) in [6, 6.07) is 14.0. The van der Waals surface area contributed by atoms with E-state index in [1.807, 2.05) is 43.3 Å². The van der Waals surface area contributed by atoms with Gasteiger partial charge in [0, 0.05) is 5.69 Å². The monoisotopic (exact) mass is 381 g/mol. The van der Waals surface area contributed by atoms with Crippen LogP contribution in [0.4, 0.5) is 5.69 Å². The van der Waals surface area contributed by atoms with E-state index >= 15 is 0 Å². The molecule has 0 aliphatic rings. The number of hydrogen-bond donors (Lipinski definition) is 1. The molecule has 1 N–H and O–H groups in total. The molecule has 3 aromatic rings. The second kappa shape index (κ2) is 8.81. The molecule has 0 radical (unpaired) electrons. The van der Waals surface area contributed by atoms with Crippen molar-refractivity contribution in [2.24, 2.45) is 0 Å². The SMILES string of the molecule is CCCc1ccc(NC(=O)CSc2nnnn2-c2cccc(C)c2C)cc1. The minimum Gasteiger partial charge on any atom is -0.325 e. The summed E-state index contributed by atoms with van der Waals surface area (Å²) in [5.41, 5.74) is 5.29. The predicted octanol–water partition coefficient (Wildman–Crippen LogP) is 3.96. The van der Waals surface area contributed by atoms with E-state index in [0.717, 1.165) is 29.8 Å². The van der Waals surface area contributed by atoms with E-state index in [1.54, 1.807) is 4.68 Å². The van der Waals surface area contributed by atoms with Crippen molar-refractivity contribution in [3.05, 3.63) is 59.2 Å². The van der Waals surface area contributed by atoms with Crippen molar-refractivity contribution in [3.8, 4) is 5.69 Å². The summed E-state index contributed by atoms with van der Waals surface area (Å²) < 4.78 is 1.68. The summed E-state index contributed by atoms with van der Waals surface area (Å²) in [6.45, 7) is 6.24. The first-order valence-electron chi connectivity index (χ1n) is 8.95. The Morgan fingerprint density at radius 1 is 1.15 bits per heavy atom. The van der Waals surface area contributed by atoms with Crippen LogP contribution in [-0.2, 0) is 11.2 Å². The van der Waals surface area contributed by atoms with E-state index in [1.165, 1.54) is 22.9 Å². The minimum absolute atomic E-state index is 0.0845. The molecule has 1 heterocycles. The number of aryl methyl sites for hydroxylation is 2. The molecular weight excluding hydrogens is 358 g/mol. The van der Waals surface area contributed by atoms with Gasteiger partial charge >= 0.3 is 0 Å². The standard InChI is InChI=1S/C20H23N5OS/c1-4-6-16-9-11-17(12-10-16)21-19(26)13-27-20-22-23-24-25(20)18-8-5-7-14(2)15(18)3/h5,7-12H,4,6,13H2,1-3H3,(H,21,26). The third kappa shape index (κ3) is 4.74. The lowest BCUT2D eigenvalue weighted by Gasteiger charge is -2.09. The first-order valence-corrected chi connectivity index (χ1v) is 9.93. The van der Waals surface area contributed by atoms with Gasteiger partial charge in [0.05, 0.1) is 11.4 Å². The lowest BCUT2D eigenvalue weighted by molar-refractivity contribution is -0.113. The van der Waals surface area contributed by atoms with Crippen LogP contribution in [0.25, 0.3) is 5.69 Å². The van der Waals surface area contributed by atoms with Crippen molar-refractivity contribution >= 4 is 23.4 Å². The fraction of sp³-hybridized carbons (Fsp3) is 0.300. The zero-order chi connectivity index (χ0) is 19.2. The van der Waals surface area contributed by atoms with Crippen LogP contribution in [0.2, 0.25) is 0 Å². The molecule has 140 valence electrons. The summed E-state index contributed by atoms with van der Waals surface area (Å²) >= 11 is 1.32. The van der Waals surface area contributed by atoms with Gasteiger partial charge in [0.2, 0.25) is 11.1 Å². The van der Waals surface area contributed by atoms with Crippen molar-refractivity contribution in [1.29, 1.82) is 0 Å². The molecule has 2 aromatic carbocycles. The Bertz CT molecular complexity index is 920. The number of nitrogens with one attached hydrogen (secondary N) is 1. The number of hydrogen-bond acceptors (Lipinski definition) is 5. The van der Waals surface area contributed by atoms with Crippen LogP contribution in [0.15, 0.2) is 47.6 Å². The van der Waals surface area contributed by atoms with Crippen LogP contribution in [0.5, 0.6) is 0 Å². The molecule has 0 fully saturated rings. The molecule has 0 unspecified atom stereocenters. The number of rotatable bonds is 7. The second-order valence-electron chi connectivity index (χ2n) is 6.38. The number of thioether (sulfide) groups is 1. The van der Waals surface area contributed by atoms with Crippen LogP contribution in [-0.4, -0.2) is 31.9 Å². The molecule has 27 heavy (non-hydrogen) atoms. The van der Waals surface area contributed by atoms with Crippen LogP contribution in [0.1, 0.15) is 30.0 Å². The molecule has 0 atom stereocenters. The third-order valence-corrected chi connectivity index (χ3v) is 5.27. The molecule has 6 nitrogen and oxygen atoms in total. The maximum absolute atomic E-state index is 12.3. The number of amides is 1. The number of carbonyl (C=O) groups is 1.